The highest BCUT2D eigenvalue weighted by molar-refractivity contribution is 5.30. The Hall–Kier alpha value is -0.900. The maximum Gasteiger partial charge on any atom is 0.106 e. The van der Waals surface area contributed by atoms with Gasteiger partial charge in [-0.2, -0.15) is 0 Å². The van der Waals surface area contributed by atoms with Crippen molar-refractivity contribution in [1.82, 2.24) is 5.32 Å². The highest BCUT2D eigenvalue weighted by Crippen LogP contribution is 2.26. The van der Waals surface area contributed by atoms with Crippen LogP contribution in [0.2, 0.25) is 0 Å². The van der Waals surface area contributed by atoms with Crippen molar-refractivity contribution in [2.75, 3.05) is 33.4 Å². The molecule has 0 saturated heterocycles. The number of hydrogen-bond acceptors (Lipinski definition) is 3. The summed E-state index contributed by atoms with van der Waals surface area (Å²) in [5.74, 6) is 0. The minimum absolute atomic E-state index is 0.113. The molecule has 88 valence electrons. The van der Waals surface area contributed by atoms with Crippen LogP contribution in [0.1, 0.15) is 17.2 Å². The third-order valence-electron chi connectivity index (χ3n) is 2.86. The van der Waals surface area contributed by atoms with E-state index in [1.54, 1.807) is 0 Å². The van der Waals surface area contributed by atoms with Gasteiger partial charge in [0, 0.05) is 6.54 Å². The molecular weight excluding hydrogens is 202 g/mol. The van der Waals surface area contributed by atoms with E-state index in [1.165, 1.54) is 11.1 Å². The average Bonchev–Trinajstić information content (AvgIpc) is 2.35. The zero-order chi connectivity index (χ0) is 11.2. The molecular formula is C13H19NO2. The number of nitrogens with one attached hydrogen (secondary N) is 1. The highest BCUT2D eigenvalue weighted by atomic mass is 16.5. The number of fused-ring (bicyclic) bond motifs is 1. The first-order chi connectivity index (χ1) is 7.92. The normalized spacial score (nSPS) is 19.4. The number of benzene rings is 1. The smallest absolute Gasteiger partial charge is 0.106 e. The van der Waals surface area contributed by atoms with E-state index < -0.39 is 0 Å². The van der Waals surface area contributed by atoms with Gasteiger partial charge >= 0.3 is 0 Å². The van der Waals surface area contributed by atoms with Crippen molar-refractivity contribution in [3.05, 3.63) is 35.4 Å². The summed E-state index contributed by atoms with van der Waals surface area (Å²) in [6.45, 7) is 3.07. The molecule has 1 aromatic carbocycles. The van der Waals surface area contributed by atoms with Crippen LogP contribution in [0, 0.1) is 0 Å². The molecule has 3 heteroatoms. The lowest BCUT2D eigenvalue weighted by atomic mass is 9.98. The molecule has 0 amide bonds. The van der Waals surface area contributed by atoms with Crippen molar-refractivity contribution in [3.8, 4) is 0 Å². The topological polar surface area (TPSA) is 30.5 Å². The Labute approximate surface area is 96.8 Å². The molecule has 0 radical (unpaired) electrons. The van der Waals surface area contributed by atoms with Crippen LogP contribution in [-0.2, 0) is 15.9 Å². The lowest BCUT2D eigenvalue weighted by Gasteiger charge is -2.25. The molecule has 1 N–H and O–H groups in total. The molecule has 1 unspecified atom stereocenters. The van der Waals surface area contributed by atoms with Crippen molar-refractivity contribution in [1.29, 1.82) is 0 Å². The van der Waals surface area contributed by atoms with E-state index in [9.17, 15) is 0 Å². The van der Waals surface area contributed by atoms with Gasteiger partial charge in [0.2, 0.25) is 0 Å². The fourth-order valence-electron chi connectivity index (χ4n) is 1.98. The molecule has 1 heterocycles. The number of ether oxygens (including phenoxy) is 2. The van der Waals surface area contributed by atoms with Gasteiger partial charge in [0.15, 0.2) is 0 Å². The van der Waals surface area contributed by atoms with Crippen LogP contribution in [0.3, 0.4) is 0 Å². The fourth-order valence-corrected chi connectivity index (χ4v) is 1.98. The second kappa shape index (κ2) is 5.99. The van der Waals surface area contributed by atoms with Crippen LogP contribution < -0.4 is 5.32 Å². The summed E-state index contributed by atoms with van der Waals surface area (Å²) in [7, 11) is 1.93. The standard InChI is InChI=1S/C13H19NO2/c1-14-7-9-15-10-13-12-5-3-2-4-11(12)6-8-16-13/h2-5,13-14H,6-10H2,1H3. The minimum Gasteiger partial charge on any atom is -0.377 e. The molecule has 16 heavy (non-hydrogen) atoms. The van der Waals surface area contributed by atoms with Gasteiger partial charge < -0.3 is 14.8 Å². The molecule has 0 aliphatic carbocycles. The summed E-state index contributed by atoms with van der Waals surface area (Å²) in [4.78, 5) is 0. The lowest BCUT2D eigenvalue weighted by Crippen LogP contribution is -2.22. The molecule has 0 aromatic heterocycles. The van der Waals surface area contributed by atoms with Crippen molar-refractivity contribution >= 4 is 0 Å². The SMILES string of the molecule is CNCCOCC1OCCc2ccccc21. The maximum absolute atomic E-state index is 5.74. The molecule has 0 saturated carbocycles. The van der Waals surface area contributed by atoms with Gasteiger partial charge in [-0.25, -0.2) is 0 Å². The van der Waals surface area contributed by atoms with Crippen LogP contribution in [0.4, 0.5) is 0 Å². The van der Waals surface area contributed by atoms with Gasteiger partial charge in [-0.15, -0.1) is 0 Å². The minimum atomic E-state index is 0.113. The van der Waals surface area contributed by atoms with Crippen molar-refractivity contribution in [2.45, 2.75) is 12.5 Å². The van der Waals surface area contributed by atoms with Gasteiger partial charge in [-0.05, 0) is 24.6 Å². The van der Waals surface area contributed by atoms with Crippen molar-refractivity contribution < 1.29 is 9.47 Å². The van der Waals surface area contributed by atoms with Gasteiger partial charge in [0.1, 0.15) is 6.10 Å². The summed E-state index contributed by atoms with van der Waals surface area (Å²) in [6.07, 6.45) is 1.13. The Morgan fingerprint density at radius 1 is 1.44 bits per heavy atom. The summed E-state index contributed by atoms with van der Waals surface area (Å²) in [6, 6.07) is 8.47. The predicted molar refractivity (Wildman–Crippen MR) is 63.6 cm³/mol. The lowest BCUT2D eigenvalue weighted by molar-refractivity contribution is -0.0240. The third-order valence-corrected chi connectivity index (χ3v) is 2.86. The Kier molecular flexibility index (Phi) is 4.34. The molecule has 1 atom stereocenters. The first-order valence-electron chi connectivity index (χ1n) is 5.83. The molecule has 2 rings (SSSR count). The first-order valence-corrected chi connectivity index (χ1v) is 5.83. The average molecular weight is 221 g/mol. The number of hydrogen-bond donors (Lipinski definition) is 1. The summed E-state index contributed by atoms with van der Waals surface area (Å²) >= 11 is 0. The number of likely N-dealkylation sites (N-methyl/N-ethyl adjacent to an activating group) is 1. The van der Waals surface area contributed by atoms with Crippen LogP contribution >= 0.6 is 0 Å². The van der Waals surface area contributed by atoms with E-state index in [4.69, 9.17) is 9.47 Å². The second-order valence-corrected chi connectivity index (χ2v) is 3.99. The molecule has 3 nitrogen and oxygen atoms in total. The Bertz CT molecular complexity index is 327. The van der Waals surface area contributed by atoms with E-state index in [2.05, 4.69) is 29.6 Å². The largest absolute Gasteiger partial charge is 0.377 e. The van der Waals surface area contributed by atoms with E-state index >= 15 is 0 Å². The van der Waals surface area contributed by atoms with Crippen LogP contribution in [0.25, 0.3) is 0 Å². The van der Waals surface area contributed by atoms with E-state index in [0.29, 0.717) is 6.61 Å². The fraction of sp³-hybridized carbons (Fsp3) is 0.538. The van der Waals surface area contributed by atoms with E-state index in [1.807, 2.05) is 7.05 Å². The van der Waals surface area contributed by atoms with Crippen molar-refractivity contribution in [3.63, 3.8) is 0 Å². The zero-order valence-electron chi connectivity index (χ0n) is 9.74. The second-order valence-electron chi connectivity index (χ2n) is 3.99. The van der Waals surface area contributed by atoms with E-state index in [-0.39, 0.29) is 6.10 Å². The van der Waals surface area contributed by atoms with Crippen LogP contribution in [0.15, 0.2) is 24.3 Å². The van der Waals surface area contributed by atoms with Gasteiger partial charge in [-0.1, -0.05) is 24.3 Å². The van der Waals surface area contributed by atoms with E-state index in [0.717, 1.165) is 26.2 Å². The Morgan fingerprint density at radius 3 is 3.19 bits per heavy atom. The van der Waals surface area contributed by atoms with Crippen LogP contribution in [-0.4, -0.2) is 33.4 Å². The number of rotatable bonds is 5. The van der Waals surface area contributed by atoms with Gasteiger partial charge in [0.25, 0.3) is 0 Å². The Morgan fingerprint density at radius 2 is 2.31 bits per heavy atom. The highest BCUT2D eigenvalue weighted by Gasteiger charge is 2.20. The van der Waals surface area contributed by atoms with Gasteiger partial charge in [-0.3, -0.25) is 0 Å². The third kappa shape index (κ3) is 2.82. The molecule has 0 spiro atoms. The quantitative estimate of drug-likeness (QED) is 0.765. The van der Waals surface area contributed by atoms with Crippen LogP contribution in [0.5, 0.6) is 0 Å². The predicted octanol–water partition coefficient (Wildman–Crippen LogP) is 1.54. The van der Waals surface area contributed by atoms with Crippen molar-refractivity contribution in [2.24, 2.45) is 0 Å². The summed E-state index contributed by atoms with van der Waals surface area (Å²) < 4.78 is 11.3. The molecule has 0 fully saturated rings. The molecule has 1 aliphatic heterocycles. The molecule has 0 bridgehead atoms. The maximum atomic E-state index is 5.74. The Balaban J connectivity index is 1.91. The summed E-state index contributed by atoms with van der Waals surface area (Å²) in [5, 5.41) is 3.06. The monoisotopic (exact) mass is 221 g/mol. The molecule has 1 aromatic rings. The first kappa shape index (κ1) is 11.6. The summed E-state index contributed by atoms with van der Waals surface area (Å²) in [5.41, 5.74) is 2.69. The molecule has 1 aliphatic rings. The van der Waals surface area contributed by atoms with Gasteiger partial charge in [0.05, 0.1) is 19.8 Å². The zero-order valence-corrected chi connectivity index (χ0v) is 9.74.